The zero-order valence-electron chi connectivity index (χ0n) is 8.14. The topological polar surface area (TPSA) is 38.7 Å². The third-order valence-electron chi connectivity index (χ3n) is 1.75. The van der Waals surface area contributed by atoms with Gasteiger partial charge in [0.25, 0.3) is 0 Å². The van der Waals surface area contributed by atoms with Crippen LogP contribution in [0.3, 0.4) is 0 Å². The molecule has 76 valence electrons. The van der Waals surface area contributed by atoms with Crippen LogP contribution in [0.5, 0.6) is 11.5 Å². The third kappa shape index (κ3) is 3.11. The van der Waals surface area contributed by atoms with Crippen LogP contribution in [-0.2, 0) is 0 Å². The van der Waals surface area contributed by atoms with Gasteiger partial charge in [0, 0.05) is 0 Å². The minimum atomic E-state index is -0.628. The highest BCUT2D eigenvalue weighted by atomic mass is 16.5. The van der Waals surface area contributed by atoms with Crippen molar-refractivity contribution in [1.29, 1.82) is 0 Å². The van der Waals surface area contributed by atoms with Crippen molar-refractivity contribution in [1.82, 2.24) is 0 Å². The van der Waals surface area contributed by atoms with E-state index >= 15 is 0 Å². The molecule has 0 saturated carbocycles. The molecule has 0 saturated heterocycles. The molecule has 0 radical (unpaired) electrons. The van der Waals surface area contributed by atoms with Crippen LogP contribution in [0.15, 0.2) is 36.9 Å². The Hall–Kier alpha value is -1.48. The quantitative estimate of drug-likeness (QED) is 0.724. The summed E-state index contributed by atoms with van der Waals surface area (Å²) in [6, 6.07) is 7.18. The maximum absolute atomic E-state index is 9.15. The van der Waals surface area contributed by atoms with Gasteiger partial charge in [-0.25, -0.2) is 0 Å². The molecule has 1 rings (SSSR count). The van der Waals surface area contributed by atoms with Gasteiger partial charge in [0.15, 0.2) is 0 Å². The van der Waals surface area contributed by atoms with Crippen LogP contribution < -0.4 is 9.47 Å². The molecule has 0 aliphatic heterocycles. The first-order valence-corrected chi connectivity index (χ1v) is 4.33. The fourth-order valence-electron chi connectivity index (χ4n) is 0.922. The Labute approximate surface area is 83.6 Å². The van der Waals surface area contributed by atoms with Crippen LogP contribution in [-0.4, -0.2) is 24.9 Å². The van der Waals surface area contributed by atoms with Gasteiger partial charge in [-0.1, -0.05) is 6.08 Å². The van der Waals surface area contributed by atoms with Gasteiger partial charge in [0.05, 0.1) is 7.11 Å². The van der Waals surface area contributed by atoms with Crippen molar-refractivity contribution in [2.45, 2.75) is 6.10 Å². The monoisotopic (exact) mass is 194 g/mol. The first kappa shape index (κ1) is 10.6. The smallest absolute Gasteiger partial charge is 0.119 e. The predicted molar refractivity (Wildman–Crippen MR) is 54.7 cm³/mol. The number of hydrogen-bond acceptors (Lipinski definition) is 3. The van der Waals surface area contributed by atoms with E-state index < -0.39 is 6.10 Å². The molecular formula is C11H14O3. The lowest BCUT2D eigenvalue weighted by atomic mass is 10.3. The zero-order chi connectivity index (χ0) is 10.4. The van der Waals surface area contributed by atoms with Crippen LogP contribution in [0.4, 0.5) is 0 Å². The van der Waals surface area contributed by atoms with Crippen LogP contribution in [0.1, 0.15) is 0 Å². The summed E-state index contributed by atoms with van der Waals surface area (Å²) in [6.07, 6.45) is 0.806. The predicted octanol–water partition coefficient (Wildman–Crippen LogP) is 1.62. The summed E-state index contributed by atoms with van der Waals surface area (Å²) in [7, 11) is 1.61. The molecule has 1 atom stereocenters. The maximum Gasteiger partial charge on any atom is 0.119 e. The number of benzene rings is 1. The molecule has 3 heteroatoms. The highest BCUT2D eigenvalue weighted by Gasteiger charge is 1.99. The molecule has 1 aromatic carbocycles. The van der Waals surface area contributed by atoms with E-state index in [1.165, 1.54) is 6.08 Å². The molecule has 14 heavy (non-hydrogen) atoms. The van der Waals surface area contributed by atoms with Crippen LogP contribution >= 0.6 is 0 Å². The highest BCUT2D eigenvalue weighted by molar-refractivity contribution is 5.31. The fraction of sp³-hybridized carbons (Fsp3) is 0.273. The Morgan fingerprint density at radius 3 is 2.43 bits per heavy atom. The Kier molecular flexibility index (Phi) is 4.01. The van der Waals surface area contributed by atoms with Crippen molar-refractivity contribution in [3.8, 4) is 11.5 Å². The molecule has 1 N–H and O–H groups in total. The summed E-state index contributed by atoms with van der Waals surface area (Å²) in [5.41, 5.74) is 0. The van der Waals surface area contributed by atoms with Gasteiger partial charge >= 0.3 is 0 Å². The van der Waals surface area contributed by atoms with Crippen LogP contribution in [0, 0.1) is 0 Å². The summed E-state index contributed by atoms with van der Waals surface area (Å²) >= 11 is 0. The van der Waals surface area contributed by atoms with Crippen molar-refractivity contribution in [3.63, 3.8) is 0 Å². The summed E-state index contributed by atoms with van der Waals surface area (Å²) in [5.74, 6) is 1.48. The molecule has 0 spiro atoms. The zero-order valence-corrected chi connectivity index (χ0v) is 8.14. The molecule has 1 aromatic rings. The van der Waals surface area contributed by atoms with E-state index in [2.05, 4.69) is 6.58 Å². The van der Waals surface area contributed by atoms with Gasteiger partial charge < -0.3 is 14.6 Å². The van der Waals surface area contributed by atoms with Gasteiger partial charge in [-0.3, -0.25) is 0 Å². The molecule has 0 amide bonds. The highest BCUT2D eigenvalue weighted by Crippen LogP contribution is 2.16. The molecule has 0 aliphatic rings. The SMILES string of the molecule is C=C[C@H](O)COc1ccc(OC)cc1. The number of methoxy groups -OCH3 is 1. The summed E-state index contributed by atoms with van der Waals surface area (Å²) < 4.78 is 10.3. The molecule has 0 unspecified atom stereocenters. The van der Waals surface area contributed by atoms with E-state index in [1.807, 2.05) is 0 Å². The van der Waals surface area contributed by atoms with Gasteiger partial charge in [0.2, 0.25) is 0 Å². The minimum Gasteiger partial charge on any atom is -0.497 e. The fourth-order valence-corrected chi connectivity index (χ4v) is 0.922. The van der Waals surface area contributed by atoms with E-state index in [0.29, 0.717) is 5.75 Å². The molecule has 0 aromatic heterocycles. The first-order chi connectivity index (χ1) is 6.76. The maximum atomic E-state index is 9.15. The Morgan fingerprint density at radius 2 is 1.93 bits per heavy atom. The largest absolute Gasteiger partial charge is 0.497 e. The lowest BCUT2D eigenvalue weighted by Crippen LogP contribution is -2.13. The molecule has 0 heterocycles. The van der Waals surface area contributed by atoms with E-state index in [0.717, 1.165) is 5.75 Å². The van der Waals surface area contributed by atoms with E-state index in [4.69, 9.17) is 14.6 Å². The molecule has 3 nitrogen and oxygen atoms in total. The van der Waals surface area contributed by atoms with Crippen molar-refractivity contribution >= 4 is 0 Å². The van der Waals surface area contributed by atoms with E-state index in [9.17, 15) is 0 Å². The van der Waals surface area contributed by atoms with Gasteiger partial charge in [-0.15, -0.1) is 6.58 Å². The van der Waals surface area contributed by atoms with Gasteiger partial charge in [0.1, 0.15) is 24.2 Å². The second kappa shape index (κ2) is 5.29. The normalized spacial score (nSPS) is 11.9. The van der Waals surface area contributed by atoms with Gasteiger partial charge in [-0.2, -0.15) is 0 Å². The van der Waals surface area contributed by atoms with Crippen LogP contribution in [0.25, 0.3) is 0 Å². The summed E-state index contributed by atoms with van der Waals surface area (Å²) in [6.45, 7) is 3.67. The van der Waals surface area contributed by atoms with Gasteiger partial charge in [-0.05, 0) is 24.3 Å². The average molecular weight is 194 g/mol. The van der Waals surface area contributed by atoms with Crippen molar-refractivity contribution in [2.75, 3.05) is 13.7 Å². The Balaban J connectivity index is 2.47. The van der Waals surface area contributed by atoms with Crippen molar-refractivity contribution < 1.29 is 14.6 Å². The molecule has 0 fully saturated rings. The standard InChI is InChI=1S/C11H14O3/c1-3-9(12)8-14-11-6-4-10(13-2)5-7-11/h3-7,9,12H,1,8H2,2H3/t9-/m0/s1. The lowest BCUT2D eigenvalue weighted by molar-refractivity contribution is 0.145. The Bertz CT molecular complexity index is 279. The second-order valence-electron chi connectivity index (χ2n) is 2.79. The summed E-state index contributed by atoms with van der Waals surface area (Å²) in [4.78, 5) is 0. The van der Waals surface area contributed by atoms with E-state index in [-0.39, 0.29) is 6.61 Å². The average Bonchev–Trinajstić information content (AvgIpc) is 2.26. The van der Waals surface area contributed by atoms with E-state index in [1.54, 1.807) is 31.4 Å². The van der Waals surface area contributed by atoms with Crippen molar-refractivity contribution in [3.05, 3.63) is 36.9 Å². The molecular weight excluding hydrogens is 180 g/mol. The third-order valence-corrected chi connectivity index (χ3v) is 1.75. The minimum absolute atomic E-state index is 0.218. The number of aliphatic hydroxyl groups is 1. The first-order valence-electron chi connectivity index (χ1n) is 4.33. The Morgan fingerprint density at radius 1 is 1.36 bits per heavy atom. The number of rotatable bonds is 5. The number of hydrogen-bond donors (Lipinski definition) is 1. The van der Waals surface area contributed by atoms with Crippen LogP contribution in [0.2, 0.25) is 0 Å². The number of ether oxygens (including phenoxy) is 2. The second-order valence-corrected chi connectivity index (χ2v) is 2.79. The lowest BCUT2D eigenvalue weighted by Gasteiger charge is -2.08. The number of aliphatic hydroxyl groups excluding tert-OH is 1. The van der Waals surface area contributed by atoms with Crippen molar-refractivity contribution in [2.24, 2.45) is 0 Å². The summed E-state index contributed by atoms with van der Waals surface area (Å²) in [5, 5.41) is 9.15. The molecule has 0 bridgehead atoms. The molecule has 0 aliphatic carbocycles.